The van der Waals surface area contributed by atoms with Crippen LogP contribution < -0.4 is 15.4 Å². The summed E-state index contributed by atoms with van der Waals surface area (Å²) in [5.74, 6) is -0.710. The third kappa shape index (κ3) is 5.37. The molecule has 1 aromatic rings. The average Bonchev–Trinajstić information content (AvgIpc) is 2.67. The largest absolute Gasteiger partial charge is 0.496 e. The highest BCUT2D eigenvalue weighted by Gasteiger charge is 2.26. The molecule has 26 heavy (non-hydrogen) atoms. The maximum absolute atomic E-state index is 12.0. The van der Waals surface area contributed by atoms with Crippen molar-refractivity contribution in [3.8, 4) is 5.75 Å². The molecule has 1 fully saturated rings. The van der Waals surface area contributed by atoms with Gasteiger partial charge in [-0.3, -0.25) is 9.59 Å². The molecule has 8 heteroatoms. The zero-order valence-electron chi connectivity index (χ0n) is 15.1. The van der Waals surface area contributed by atoms with Crippen LogP contribution in [-0.4, -0.2) is 55.7 Å². The van der Waals surface area contributed by atoms with Crippen molar-refractivity contribution in [3.63, 3.8) is 0 Å². The predicted molar refractivity (Wildman–Crippen MR) is 94.6 cm³/mol. The third-order valence-electron chi connectivity index (χ3n) is 4.19. The van der Waals surface area contributed by atoms with Gasteiger partial charge >= 0.3 is 17.9 Å². The Hall–Kier alpha value is -2.77. The molecular formula is C18H25N3O5. The molecule has 0 aliphatic carbocycles. The molecule has 0 saturated carbocycles. The zero-order chi connectivity index (χ0) is 18.9. The second kappa shape index (κ2) is 9.65. The standard InChI is InChI=1S/C18H25N3O5/c1-3-26-18(24)21-10-8-14(9-11-21)20-17(23)16(22)19-12-13-6-4-5-7-15(13)25-2/h4-7,14H,3,8-12H2,1-2H3,(H,19,22)(H,20,23). The van der Waals surface area contributed by atoms with E-state index >= 15 is 0 Å². The highest BCUT2D eigenvalue weighted by molar-refractivity contribution is 6.35. The SMILES string of the molecule is CCOC(=O)N1CCC(NC(=O)C(=O)NCc2ccccc2OC)CC1. The molecular weight excluding hydrogens is 338 g/mol. The number of nitrogens with zero attached hydrogens (tertiary/aromatic N) is 1. The second-order valence-corrected chi connectivity index (χ2v) is 5.93. The molecule has 1 aliphatic heterocycles. The number of piperidine rings is 1. The summed E-state index contributed by atoms with van der Waals surface area (Å²) >= 11 is 0. The smallest absolute Gasteiger partial charge is 0.409 e. The second-order valence-electron chi connectivity index (χ2n) is 5.93. The fourth-order valence-corrected chi connectivity index (χ4v) is 2.78. The van der Waals surface area contributed by atoms with E-state index < -0.39 is 11.8 Å². The van der Waals surface area contributed by atoms with E-state index in [2.05, 4.69) is 10.6 Å². The predicted octanol–water partition coefficient (Wildman–Crippen LogP) is 1.05. The first-order valence-electron chi connectivity index (χ1n) is 8.67. The lowest BCUT2D eigenvalue weighted by Gasteiger charge is -2.31. The van der Waals surface area contributed by atoms with Crippen molar-refractivity contribution < 1.29 is 23.9 Å². The molecule has 0 bridgehead atoms. The van der Waals surface area contributed by atoms with Gasteiger partial charge in [0.25, 0.3) is 0 Å². The van der Waals surface area contributed by atoms with E-state index in [9.17, 15) is 14.4 Å². The molecule has 0 atom stereocenters. The van der Waals surface area contributed by atoms with Gasteiger partial charge in [0.05, 0.1) is 13.7 Å². The Morgan fingerprint density at radius 3 is 2.50 bits per heavy atom. The first-order chi connectivity index (χ1) is 12.5. The van der Waals surface area contributed by atoms with E-state index in [1.54, 1.807) is 25.0 Å². The van der Waals surface area contributed by atoms with Crippen molar-refractivity contribution in [2.24, 2.45) is 0 Å². The highest BCUT2D eigenvalue weighted by Crippen LogP contribution is 2.16. The van der Waals surface area contributed by atoms with Crippen LogP contribution in [0.3, 0.4) is 0 Å². The van der Waals surface area contributed by atoms with Crippen LogP contribution >= 0.6 is 0 Å². The van der Waals surface area contributed by atoms with Crippen molar-refractivity contribution in [1.29, 1.82) is 0 Å². The van der Waals surface area contributed by atoms with Gasteiger partial charge in [-0.15, -0.1) is 0 Å². The maximum atomic E-state index is 12.0. The number of carbonyl (C=O) groups excluding carboxylic acids is 3. The molecule has 1 aliphatic rings. The fourth-order valence-electron chi connectivity index (χ4n) is 2.78. The highest BCUT2D eigenvalue weighted by atomic mass is 16.6. The van der Waals surface area contributed by atoms with Crippen molar-refractivity contribution >= 4 is 17.9 Å². The molecule has 1 saturated heterocycles. The molecule has 142 valence electrons. The average molecular weight is 363 g/mol. The van der Waals surface area contributed by atoms with E-state index in [4.69, 9.17) is 9.47 Å². The minimum Gasteiger partial charge on any atom is -0.496 e. The molecule has 0 spiro atoms. The molecule has 1 heterocycles. The van der Waals surface area contributed by atoms with Crippen molar-refractivity contribution in [1.82, 2.24) is 15.5 Å². The molecule has 2 rings (SSSR count). The van der Waals surface area contributed by atoms with E-state index in [1.165, 1.54) is 0 Å². The van der Waals surface area contributed by atoms with Crippen LogP contribution in [0.1, 0.15) is 25.3 Å². The van der Waals surface area contributed by atoms with Gasteiger partial charge in [-0.25, -0.2) is 4.79 Å². The number of hydrogen-bond acceptors (Lipinski definition) is 5. The first-order valence-corrected chi connectivity index (χ1v) is 8.67. The number of hydrogen-bond donors (Lipinski definition) is 2. The number of benzene rings is 1. The van der Waals surface area contributed by atoms with Crippen LogP contribution in [-0.2, 0) is 20.9 Å². The van der Waals surface area contributed by atoms with E-state index in [0.717, 1.165) is 5.56 Å². The number of rotatable bonds is 5. The van der Waals surface area contributed by atoms with Crippen molar-refractivity contribution in [2.75, 3.05) is 26.8 Å². The van der Waals surface area contributed by atoms with Crippen LogP contribution in [0.4, 0.5) is 4.79 Å². The lowest BCUT2D eigenvalue weighted by molar-refractivity contribution is -0.139. The fraction of sp³-hybridized carbons (Fsp3) is 0.500. The lowest BCUT2D eigenvalue weighted by atomic mass is 10.1. The monoisotopic (exact) mass is 363 g/mol. The summed E-state index contributed by atoms with van der Waals surface area (Å²) in [5, 5.41) is 5.31. The minimum atomic E-state index is -0.691. The number of para-hydroxylation sites is 1. The number of carbonyl (C=O) groups is 3. The summed E-state index contributed by atoms with van der Waals surface area (Å²) in [6.45, 7) is 3.28. The number of likely N-dealkylation sites (tertiary alicyclic amines) is 1. The summed E-state index contributed by atoms with van der Waals surface area (Å²) in [6.07, 6.45) is 0.834. The maximum Gasteiger partial charge on any atom is 0.409 e. The molecule has 0 aromatic heterocycles. The van der Waals surface area contributed by atoms with Crippen molar-refractivity contribution in [2.45, 2.75) is 32.4 Å². The van der Waals surface area contributed by atoms with Gasteiger partial charge < -0.3 is 25.0 Å². The van der Waals surface area contributed by atoms with Crippen LogP contribution in [0.15, 0.2) is 24.3 Å². The molecule has 0 unspecified atom stereocenters. The molecule has 8 nitrogen and oxygen atoms in total. The number of nitrogens with one attached hydrogen (secondary N) is 2. The Labute approximate surface area is 152 Å². The summed E-state index contributed by atoms with van der Waals surface area (Å²) in [4.78, 5) is 37.3. The van der Waals surface area contributed by atoms with E-state index in [-0.39, 0.29) is 18.7 Å². The van der Waals surface area contributed by atoms with Crippen LogP contribution in [0, 0.1) is 0 Å². The van der Waals surface area contributed by atoms with Crippen LogP contribution in [0.25, 0.3) is 0 Å². The van der Waals surface area contributed by atoms with Gasteiger partial charge in [-0.1, -0.05) is 18.2 Å². The van der Waals surface area contributed by atoms with Gasteiger partial charge in [0.2, 0.25) is 0 Å². The van der Waals surface area contributed by atoms with Crippen molar-refractivity contribution in [3.05, 3.63) is 29.8 Å². The van der Waals surface area contributed by atoms with Crippen LogP contribution in [0.5, 0.6) is 5.75 Å². The molecule has 1 aromatic carbocycles. The Morgan fingerprint density at radius 1 is 1.15 bits per heavy atom. The molecule has 3 amide bonds. The summed E-state index contributed by atoms with van der Waals surface area (Å²) in [6, 6.07) is 7.15. The zero-order valence-corrected chi connectivity index (χ0v) is 15.1. The first kappa shape index (κ1) is 19.6. The van der Waals surface area contributed by atoms with Gasteiger partial charge in [-0.05, 0) is 25.8 Å². The topological polar surface area (TPSA) is 97.0 Å². The number of amides is 3. The number of methoxy groups -OCH3 is 1. The van der Waals surface area contributed by atoms with Gasteiger partial charge in [0.15, 0.2) is 0 Å². The Morgan fingerprint density at radius 2 is 1.85 bits per heavy atom. The van der Waals surface area contributed by atoms with E-state index in [1.807, 2.05) is 18.2 Å². The Kier molecular flexibility index (Phi) is 7.25. The Balaban J connectivity index is 1.76. The summed E-state index contributed by atoms with van der Waals surface area (Å²) in [7, 11) is 1.55. The molecule has 0 radical (unpaired) electrons. The number of ether oxygens (including phenoxy) is 2. The quantitative estimate of drug-likeness (QED) is 0.762. The van der Waals surface area contributed by atoms with Crippen LogP contribution in [0.2, 0.25) is 0 Å². The summed E-state index contributed by atoms with van der Waals surface area (Å²) < 4.78 is 10.2. The normalized spacial score (nSPS) is 14.5. The molecule has 2 N–H and O–H groups in total. The third-order valence-corrected chi connectivity index (χ3v) is 4.19. The minimum absolute atomic E-state index is 0.134. The van der Waals surface area contributed by atoms with Gasteiger partial charge in [0, 0.05) is 31.2 Å². The lowest BCUT2D eigenvalue weighted by Crippen LogP contribution is -2.50. The van der Waals surface area contributed by atoms with E-state index in [0.29, 0.717) is 38.3 Å². The Bertz CT molecular complexity index is 641. The van der Waals surface area contributed by atoms with Gasteiger partial charge in [-0.2, -0.15) is 0 Å². The van der Waals surface area contributed by atoms with Gasteiger partial charge in [0.1, 0.15) is 5.75 Å². The summed E-state index contributed by atoms with van der Waals surface area (Å²) in [5.41, 5.74) is 0.791.